The lowest BCUT2D eigenvalue weighted by Crippen LogP contribution is -2.48. The topological polar surface area (TPSA) is 90.6 Å². The molecule has 1 atom stereocenters. The number of benzene rings is 2. The van der Waals surface area contributed by atoms with Gasteiger partial charge in [0.05, 0.1) is 26.2 Å². The van der Waals surface area contributed by atoms with Gasteiger partial charge in [-0.25, -0.2) is 0 Å². The molecule has 0 fully saturated rings. The summed E-state index contributed by atoms with van der Waals surface area (Å²) in [4.78, 5) is 10.8. The van der Waals surface area contributed by atoms with E-state index in [1.54, 1.807) is 18.2 Å². The van der Waals surface area contributed by atoms with Crippen LogP contribution in [0.1, 0.15) is 35.1 Å². The van der Waals surface area contributed by atoms with Crippen LogP contribution in [0, 0.1) is 17.2 Å². The third kappa shape index (κ3) is 6.81. The van der Waals surface area contributed by atoms with E-state index in [1.165, 1.54) is 11.1 Å². The summed E-state index contributed by atoms with van der Waals surface area (Å²) >= 11 is 0. The minimum absolute atomic E-state index is 0.0196. The number of aliphatic carboxylic acids is 1. The third-order valence-corrected chi connectivity index (χ3v) is 6.21. The van der Waals surface area contributed by atoms with Crippen molar-refractivity contribution in [1.29, 1.82) is 5.26 Å². The van der Waals surface area contributed by atoms with Gasteiger partial charge in [0.2, 0.25) is 0 Å². The summed E-state index contributed by atoms with van der Waals surface area (Å²) in [5, 5.41) is 28.8. The van der Waals surface area contributed by atoms with Gasteiger partial charge in [0, 0.05) is 12.8 Å². The van der Waals surface area contributed by atoms with E-state index in [0.717, 1.165) is 31.4 Å². The maximum Gasteiger partial charge on any atom is 0.303 e. The van der Waals surface area contributed by atoms with Crippen molar-refractivity contribution in [3.8, 4) is 11.8 Å². The molecule has 1 aliphatic carbocycles. The van der Waals surface area contributed by atoms with Crippen molar-refractivity contribution < 1.29 is 24.2 Å². The first-order valence-electron chi connectivity index (χ1n) is 11.2. The Morgan fingerprint density at radius 2 is 1.91 bits per heavy atom. The Hall–Kier alpha value is -2.88. The van der Waals surface area contributed by atoms with Crippen LogP contribution in [0.25, 0.3) is 0 Å². The van der Waals surface area contributed by atoms with Crippen LogP contribution in [0.4, 0.5) is 0 Å². The monoisotopic (exact) mass is 437 g/mol. The maximum absolute atomic E-state index is 10.8. The largest absolute Gasteiger partial charge is 0.489 e. The van der Waals surface area contributed by atoms with Gasteiger partial charge in [-0.05, 0) is 54.0 Å². The molecule has 0 spiro atoms. The number of carbonyl (C=O) groups is 1. The molecule has 6 heteroatoms. The van der Waals surface area contributed by atoms with Gasteiger partial charge in [0.1, 0.15) is 31.1 Å². The first-order chi connectivity index (χ1) is 15.3. The lowest BCUT2D eigenvalue weighted by Gasteiger charge is -2.32. The molecule has 2 N–H and O–H groups in total. The molecule has 2 aromatic carbocycles. The molecule has 0 saturated carbocycles. The van der Waals surface area contributed by atoms with Gasteiger partial charge in [-0.2, -0.15) is 5.26 Å². The van der Waals surface area contributed by atoms with E-state index >= 15 is 0 Å². The van der Waals surface area contributed by atoms with Crippen molar-refractivity contribution in [3.05, 3.63) is 64.7 Å². The van der Waals surface area contributed by atoms with Crippen LogP contribution in [0.5, 0.6) is 5.75 Å². The second-order valence-electron chi connectivity index (χ2n) is 9.47. The molecular weight excluding hydrogens is 404 g/mol. The van der Waals surface area contributed by atoms with Crippen molar-refractivity contribution in [2.24, 2.45) is 5.92 Å². The average molecular weight is 438 g/mol. The second kappa shape index (κ2) is 10.6. The SMILES string of the molecule is C[N+](C)(CCC1Cc2ccccc2C1)C[C@H](O)COc1cc(CCC(=O)O)ccc1C#N. The minimum atomic E-state index is -0.867. The van der Waals surface area contributed by atoms with Gasteiger partial charge < -0.3 is 19.4 Å². The number of nitrogens with zero attached hydrogens (tertiary/aromatic N) is 2. The number of quaternary nitrogens is 1. The van der Waals surface area contributed by atoms with Gasteiger partial charge in [0.25, 0.3) is 0 Å². The first kappa shape index (κ1) is 23.8. The number of hydrogen-bond acceptors (Lipinski definition) is 4. The molecule has 0 amide bonds. The van der Waals surface area contributed by atoms with Crippen LogP contribution >= 0.6 is 0 Å². The van der Waals surface area contributed by atoms with E-state index in [4.69, 9.17) is 9.84 Å². The number of nitriles is 1. The molecule has 0 saturated heterocycles. The number of aliphatic hydroxyl groups is 1. The fraction of sp³-hybridized carbons (Fsp3) is 0.462. The number of likely N-dealkylation sites (N-methyl/N-ethyl adjacent to an activating group) is 1. The van der Waals surface area contributed by atoms with Gasteiger partial charge in [-0.15, -0.1) is 0 Å². The lowest BCUT2D eigenvalue weighted by molar-refractivity contribution is -0.894. The number of hydrogen-bond donors (Lipinski definition) is 2. The van der Waals surface area contributed by atoms with Crippen LogP contribution in [0.2, 0.25) is 0 Å². The summed E-state index contributed by atoms with van der Waals surface area (Å²) in [7, 11) is 4.25. The highest BCUT2D eigenvalue weighted by Gasteiger charge is 2.26. The summed E-state index contributed by atoms with van der Waals surface area (Å²) in [6.07, 6.45) is 3.11. The number of carboxylic acids is 1. The van der Waals surface area contributed by atoms with Crippen LogP contribution in [-0.4, -0.2) is 60.6 Å². The van der Waals surface area contributed by atoms with E-state index in [0.29, 0.717) is 34.7 Å². The lowest BCUT2D eigenvalue weighted by atomic mass is 10.0. The fourth-order valence-electron chi connectivity index (χ4n) is 4.47. The summed E-state index contributed by atoms with van der Waals surface area (Å²) in [5.41, 5.74) is 4.11. The Morgan fingerprint density at radius 3 is 2.53 bits per heavy atom. The van der Waals surface area contributed by atoms with Gasteiger partial charge in [0.15, 0.2) is 0 Å². The Kier molecular flexibility index (Phi) is 7.89. The molecule has 0 heterocycles. The number of ether oxygens (including phenoxy) is 1. The third-order valence-electron chi connectivity index (χ3n) is 6.21. The zero-order chi connectivity index (χ0) is 23.1. The molecule has 32 heavy (non-hydrogen) atoms. The first-order valence-corrected chi connectivity index (χ1v) is 11.2. The van der Waals surface area contributed by atoms with Crippen molar-refractivity contribution >= 4 is 5.97 Å². The second-order valence-corrected chi connectivity index (χ2v) is 9.47. The van der Waals surface area contributed by atoms with E-state index in [-0.39, 0.29) is 13.0 Å². The smallest absolute Gasteiger partial charge is 0.303 e. The summed E-state index contributed by atoms with van der Waals surface area (Å²) < 4.78 is 6.47. The van der Waals surface area contributed by atoms with Gasteiger partial charge in [-0.1, -0.05) is 30.3 Å². The molecule has 2 aromatic rings. The Balaban J connectivity index is 1.48. The number of carboxylic acid groups (broad SMARTS) is 1. The minimum Gasteiger partial charge on any atom is -0.489 e. The maximum atomic E-state index is 10.8. The summed E-state index contributed by atoms with van der Waals surface area (Å²) in [5.74, 6) is 0.183. The van der Waals surface area contributed by atoms with Crippen LogP contribution in [0.3, 0.4) is 0 Å². The van der Waals surface area contributed by atoms with Crippen LogP contribution in [0.15, 0.2) is 42.5 Å². The van der Waals surface area contributed by atoms with Crippen molar-refractivity contribution in [1.82, 2.24) is 0 Å². The molecule has 0 unspecified atom stereocenters. The van der Waals surface area contributed by atoms with Crippen LogP contribution < -0.4 is 4.74 Å². The average Bonchev–Trinajstić information content (AvgIpc) is 3.18. The summed E-state index contributed by atoms with van der Waals surface area (Å²) in [6.45, 7) is 1.62. The zero-order valence-corrected chi connectivity index (χ0v) is 19.0. The molecular formula is C26H33N2O4+. The number of aryl methyl sites for hydroxylation is 1. The standard InChI is InChI=1S/C26H32N2O4/c1-28(2,12-11-20-13-21-5-3-4-6-22(21)14-20)17-24(29)18-32-25-15-19(8-10-26(30)31)7-9-23(25)16-27/h3-7,9,15,20,24,29H,8,10-14,17-18H2,1-2H3/p+1/t24-/m0/s1. The predicted octanol–water partition coefficient (Wildman–Crippen LogP) is 3.20. The molecule has 0 radical (unpaired) electrons. The fourth-order valence-corrected chi connectivity index (χ4v) is 4.47. The molecule has 1 aliphatic rings. The Morgan fingerprint density at radius 1 is 1.22 bits per heavy atom. The van der Waals surface area contributed by atoms with Crippen molar-refractivity contribution in [3.63, 3.8) is 0 Å². The molecule has 0 aliphatic heterocycles. The molecule has 3 rings (SSSR count). The van der Waals surface area contributed by atoms with E-state index in [9.17, 15) is 15.2 Å². The zero-order valence-electron chi connectivity index (χ0n) is 19.0. The Labute approximate surface area is 190 Å². The highest BCUT2D eigenvalue weighted by atomic mass is 16.5. The Bertz CT molecular complexity index is 955. The quantitative estimate of drug-likeness (QED) is 0.527. The van der Waals surface area contributed by atoms with E-state index in [1.807, 2.05) is 0 Å². The van der Waals surface area contributed by atoms with Crippen molar-refractivity contribution in [2.45, 2.75) is 38.2 Å². The number of rotatable bonds is 11. The molecule has 0 aromatic heterocycles. The molecule has 170 valence electrons. The van der Waals surface area contributed by atoms with Crippen LogP contribution in [-0.2, 0) is 24.1 Å². The highest BCUT2D eigenvalue weighted by Crippen LogP contribution is 2.29. The highest BCUT2D eigenvalue weighted by molar-refractivity contribution is 5.67. The van der Waals surface area contributed by atoms with E-state index < -0.39 is 12.1 Å². The van der Waals surface area contributed by atoms with Gasteiger partial charge in [-0.3, -0.25) is 4.79 Å². The van der Waals surface area contributed by atoms with E-state index in [2.05, 4.69) is 44.4 Å². The number of aliphatic hydroxyl groups excluding tert-OH is 1. The molecule has 0 bridgehead atoms. The summed E-state index contributed by atoms with van der Waals surface area (Å²) in [6, 6.07) is 15.8. The molecule has 6 nitrogen and oxygen atoms in total. The van der Waals surface area contributed by atoms with Crippen molar-refractivity contribution in [2.75, 3.05) is 33.8 Å². The predicted molar refractivity (Wildman–Crippen MR) is 122 cm³/mol. The normalized spacial score (nSPS) is 14.6. The number of fused-ring (bicyclic) bond motifs is 1. The van der Waals surface area contributed by atoms with Gasteiger partial charge >= 0.3 is 5.97 Å².